The van der Waals surface area contributed by atoms with Crippen LogP contribution in [0.25, 0.3) is 0 Å². The standard InChI is InChI=1S/C12H16N2O5S/c1-8(2)12(16)19-7-11(15)14-9-4-3-5-10(6-9)20(13,17)18/h3-6,8H,7H2,1-2H3,(H,14,15)(H2,13,17,18). The first-order valence-electron chi connectivity index (χ1n) is 5.79. The van der Waals surface area contributed by atoms with E-state index in [2.05, 4.69) is 5.32 Å². The van der Waals surface area contributed by atoms with Gasteiger partial charge in [0.2, 0.25) is 10.0 Å². The molecule has 1 aromatic rings. The van der Waals surface area contributed by atoms with Gasteiger partial charge in [-0.2, -0.15) is 0 Å². The molecule has 0 fully saturated rings. The summed E-state index contributed by atoms with van der Waals surface area (Å²) >= 11 is 0. The van der Waals surface area contributed by atoms with Crippen LogP contribution < -0.4 is 10.5 Å². The highest BCUT2D eigenvalue weighted by Crippen LogP contribution is 2.13. The Morgan fingerprint density at radius 1 is 1.35 bits per heavy atom. The van der Waals surface area contributed by atoms with Crippen LogP contribution in [0, 0.1) is 5.92 Å². The lowest BCUT2D eigenvalue weighted by atomic mass is 10.2. The van der Waals surface area contributed by atoms with Crippen LogP contribution in [0.5, 0.6) is 0 Å². The van der Waals surface area contributed by atoms with Crippen molar-refractivity contribution in [3.05, 3.63) is 24.3 Å². The molecule has 1 aromatic carbocycles. The second-order valence-electron chi connectivity index (χ2n) is 4.38. The van der Waals surface area contributed by atoms with E-state index in [-0.39, 0.29) is 16.5 Å². The fourth-order valence-electron chi connectivity index (χ4n) is 1.25. The van der Waals surface area contributed by atoms with Crippen molar-refractivity contribution >= 4 is 27.6 Å². The minimum absolute atomic E-state index is 0.116. The molecule has 3 N–H and O–H groups in total. The zero-order valence-corrected chi connectivity index (χ0v) is 11.9. The maximum atomic E-state index is 11.5. The Morgan fingerprint density at radius 2 is 2.00 bits per heavy atom. The number of carbonyl (C=O) groups is 2. The summed E-state index contributed by atoms with van der Waals surface area (Å²) in [5.74, 6) is -1.38. The highest BCUT2D eigenvalue weighted by Gasteiger charge is 2.12. The summed E-state index contributed by atoms with van der Waals surface area (Å²) in [5.41, 5.74) is 0.252. The average Bonchev–Trinajstić information content (AvgIpc) is 2.35. The molecule has 0 aromatic heterocycles. The van der Waals surface area contributed by atoms with E-state index in [1.807, 2.05) is 0 Å². The quantitative estimate of drug-likeness (QED) is 0.767. The second kappa shape index (κ2) is 6.49. The zero-order chi connectivity index (χ0) is 15.3. The summed E-state index contributed by atoms with van der Waals surface area (Å²) in [6.07, 6.45) is 0. The molecule has 0 heterocycles. The van der Waals surface area contributed by atoms with Crippen LogP contribution in [0.4, 0.5) is 5.69 Å². The summed E-state index contributed by atoms with van der Waals surface area (Å²) in [4.78, 5) is 22.6. The van der Waals surface area contributed by atoms with Crippen LogP contribution in [-0.2, 0) is 24.3 Å². The van der Waals surface area contributed by atoms with Gasteiger partial charge < -0.3 is 10.1 Å². The molecule has 0 spiro atoms. The summed E-state index contributed by atoms with van der Waals surface area (Å²) in [6, 6.07) is 5.47. The number of nitrogens with two attached hydrogens (primary N) is 1. The first-order chi connectivity index (χ1) is 9.20. The van der Waals surface area contributed by atoms with Crippen molar-refractivity contribution in [3.8, 4) is 0 Å². The van der Waals surface area contributed by atoms with Gasteiger partial charge in [-0.15, -0.1) is 0 Å². The lowest BCUT2D eigenvalue weighted by molar-refractivity contribution is -0.150. The maximum Gasteiger partial charge on any atom is 0.308 e. The number of anilines is 1. The summed E-state index contributed by atoms with van der Waals surface area (Å²) < 4.78 is 27.1. The molecule has 0 aliphatic heterocycles. The van der Waals surface area contributed by atoms with Gasteiger partial charge in [-0.1, -0.05) is 19.9 Å². The van der Waals surface area contributed by atoms with E-state index in [4.69, 9.17) is 9.88 Å². The van der Waals surface area contributed by atoms with Gasteiger partial charge in [0.25, 0.3) is 5.91 Å². The summed E-state index contributed by atoms with van der Waals surface area (Å²) in [5, 5.41) is 7.39. The van der Waals surface area contributed by atoms with Crippen molar-refractivity contribution in [2.45, 2.75) is 18.7 Å². The van der Waals surface area contributed by atoms with E-state index in [9.17, 15) is 18.0 Å². The third-order valence-electron chi connectivity index (χ3n) is 2.26. The summed E-state index contributed by atoms with van der Waals surface area (Å²) in [7, 11) is -3.83. The van der Waals surface area contributed by atoms with Gasteiger partial charge in [0.05, 0.1) is 10.8 Å². The fraction of sp³-hybridized carbons (Fsp3) is 0.333. The van der Waals surface area contributed by atoms with Crippen LogP contribution in [0.15, 0.2) is 29.2 Å². The first-order valence-corrected chi connectivity index (χ1v) is 7.34. The Kier molecular flexibility index (Phi) is 5.23. The van der Waals surface area contributed by atoms with Gasteiger partial charge in [0.1, 0.15) is 0 Å². The Balaban J connectivity index is 2.65. The third kappa shape index (κ3) is 4.98. The van der Waals surface area contributed by atoms with Gasteiger partial charge in [0.15, 0.2) is 6.61 Å². The van der Waals surface area contributed by atoms with E-state index in [0.717, 1.165) is 0 Å². The van der Waals surface area contributed by atoms with E-state index in [1.54, 1.807) is 13.8 Å². The Morgan fingerprint density at radius 3 is 2.55 bits per heavy atom. The van der Waals surface area contributed by atoms with Crippen LogP contribution >= 0.6 is 0 Å². The van der Waals surface area contributed by atoms with Crippen LogP contribution in [-0.4, -0.2) is 26.9 Å². The number of ether oxygens (including phenoxy) is 1. The monoisotopic (exact) mass is 300 g/mol. The molecule has 0 saturated heterocycles. The predicted octanol–water partition coefficient (Wildman–Crippen LogP) is 0.472. The maximum absolute atomic E-state index is 11.5. The molecular formula is C12H16N2O5S. The van der Waals surface area contributed by atoms with Crippen LogP contribution in [0.3, 0.4) is 0 Å². The normalized spacial score (nSPS) is 11.2. The lowest BCUT2D eigenvalue weighted by Gasteiger charge is -2.08. The molecule has 1 amide bonds. The number of nitrogens with one attached hydrogen (secondary N) is 1. The van der Waals surface area contributed by atoms with Crippen molar-refractivity contribution < 1.29 is 22.7 Å². The van der Waals surface area contributed by atoms with Crippen molar-refractivity contribution in [1.82, 2.24) is 0 Å². The molecule has 20 heavy (non-hydrogen) atoms. The third-order valence-corrected chi connectivity index (χ3v) is 3.17. The molecule has 0 aliphatic carbocycles. The number of amides is 1. The Bertz CT molecular complexity index is 610. The molecule has 8 heteroatoms. The predicted molar refractivity (Wildman–Crippen MR) is 72.2 cm³/mol. The molecule has 0 aliphatic rings. The molecule has 1 rings (SSSR count). The van der Waals surface area contributed by atoms with Gasteiger partial charge in [-0.25, -0.2) is 13.6 Å². The largest absolute Gasteiger partial charge is 0.455 e. The molecule has 110 valence electrons. The smallest absolute Gasteiger partial charge is 0.308 e. The van der Waals surface area contributed by atoms with E-state index < -0.39 is 28.5 Å². The minimum Gasteiger partial charge on any atom is -0.455 e. The SMILES string of the molecule is CC(C)C(=O)OCC(=O)Nc1cccc(S(N)(=O)=O)c1. The molecule has 0 atom stereocenters. The number of carbonyl (C=O) groups excluding carboxylic acids is 2. The Hall–Kier alpha value is -1.93. The van der Waals surface area contributed by atoms with Crippen LogP contribution in [0.1, 0.15) is 13.8 Å². The first kappa shape index (κ1) is 16.1. The van der Waals surface area contributed by atoms with Crippen molar-refractivity contribution in [1.29, 1.82) is 0 Å². The summed E-state index contributed by atoms with van der Waals surface area (Å²) in [6.45, 7) is 2.86. The van der Waals surface area contributed by atoms with Gasteiger partial charge >= 0.3 is 5.97 Å². The Labute approximate surface area is 117 Å². The lowest BCUT2D eigenvalue weighted by Crippen LogP contribution is -2.23. The molecule has 0 radical (unpaired) electrons. The molecule has 0 unspecified atom stereocenters. The molecular weight excluding hydrogens is 284 g/mol. The molecule has 7 nitrogen and oxygen atoms in total. The number of hydrogen-bond donors (Lipinski definition) is 2. The van der Waals surface area contributed by atoms with Gasteiger partial charge in [0, 0.05) is 5.69 Å². The van der Waals surface area contributed by atoms with Crippen LogP contribution in [0.2, 0.25) is 0 Å². The van der Waals surface area contributed by atoms with Gasteiger partial charge in [-0.3, -0.25) is 9.59 Å². The van der Waals surface area contributed by atoms with E-state index in [1.165, 1.54) is 24.3 Å². The number of esters is 1. The molecule has 0 saturated carbocycles. The highest BCUT2D eigenvalue weighted by atomic mass is 32.2. The second-order valence-corrected chi connectivity index (χ2v) is 5.94. The fourth-order valence-corrected chi connectivity index (χ4v) is 1.81. The van der Waals surface area contributed by atoms with Gasteiger partial charge in [-0.05, 0) is 18.2 Å². The molecule has 0 bridgehead atoms. The number of benzene rings is 1. The minimum atomic E-state index is -3.83. The number of rotatable bonds is 5. The van der Waals surface area contributed by atoms with E-state index in [0.29, 0.717) is 0 Å². The number of primary sulfonamides is 1. The number of hydrogen-bond acceptors (Lipinski definition) is 5. The highest BCUT2D eigenvalue weighted by molar-refractivity contribution is 7.89. The van der Waals surface area contributed by atoms with E-state index >= 15 is 0 Å². The zero-order valence-electron chi connectivity index (χ0n) is 11.1. The van der Waals surface area contributed by atoms with Crippen molar-refractivity contribution in [2.24, 2.45) is 11.1 Å². The average molecular weight is 300 g/mol. The topological polar surface area (TPSA) is 116 Å². The van der Waals surface area contributed by atoms with Crippen molar-refractivity contribution in [3.63, 3.8) is 0 Å². The number of sulfonamides is 1. The van der Waals surface area contributed by atoms with Crippen molar-refractivity contribution in [2.75, 3.05) is 11.9 Å².